The van der Waals surface area contributed by atoms with Crippen LogP contribution in [0.5, 0.6) is 5.75 Å². The topological polar surface area (TPSA) is 21.3 Å². The SMILES string of the molecule is CC(C)C(C)(C)CNCc1ccccc1OC(F)(F)F. The van der Waals surface area contributed by atoms with Crippen molar-refractivity contribution in [3.8, 4) is 5.75 Å². The van der Waals surface area contributed by atoms with Gasteiger partial charge in [0.15, 0.2) is 0 Å². The second kappa shape index (κ2) is 6.48. The van der Waals surface area contributed by atoms with E-state index in [4.69, 9.17) is 0 Å². The normalized spacial score (nSPS) is 12.8. The minimum Gasteiger partial charge on any atom is -0.405 e. The molecule has 20 heavy (non-hydrogen) atoms. The number of hydrogen-bond donors (Lipinski definition) is 1. The first-order chi connectivity index (χ1) is 9.12. The van der Waals surface area contributed by atoms with Crippen molar-refractivity contribution in [1.29, 1.82) is 0 Å². The molecular formula is C15H22F3NO. The quantitative estimate of drug-likeness (QED) is 0.840. The van der Waals surface area contributed by atoms with Gasteiger partial charge in [0.2, 0.25) is 0 Å². The fourth-order valence-electron chi connectivity index (χ4n) is 1.60. The summed E-state index contributed by atoms with van der Waals surface area (Å²) in [7, 11) is 0. The molecule has 1 rings (SSSR count). The Hall–Kier alpha value is -1.23. The third-order valence-corrected chi connectivity index (χ3v) is 3.66. The van der Waals surface area contributed by atoms with Crippen LogP contribution in [0, 0.1) is 11.3 Å². The lowest BCUT2D eigenvalue weighted by Crippen LogP contribution is -2.33. The molecule has 0 atom stereocenters. The fraction of sp³-hybridized carbons (Fsp3) is 0.600. The summed E-state index contributed by atoms with van der Waals surface area (Å²) >= 11 is 0. The first-order valence-corrected chi connectivity index (χ1v) is 6.66. The second-order valence-corrected chi connectivity index (χ2v) is 5.90. The molecule has 0 spiro atoms. The van der Waals surface area contributed by atoms with Crippen LogP contribution in [-0.4, -0.2) is 12.9 Å². The van der Waals surface area contributed by atoms with E-state index in [1.807, 2.05) is 0 Å². The van der Waals surface area contributed by atoms with E-state index in [1.165, 1.54) is 12.1 Å². The summed E-state index contributed by atoms with van der Waals surface area (Å²) in [6.45, 7) is 9.59. The average molecular weight is 289 g/mol. The Balaban J connectivity index is 2.65. The summed E-state index contributed by atoms with van der Waals surface area (Å²) in [5, 5.41) is 3.20. The van der Waals surface area contributed by atoms with Gasteiger partial charge in [-0.15, -0.1) is 13.2 Å². The lowest BCUT2D eigenvalue weighted by atomic mass is 9.81. The van der Waals surface area contributed by atoms with Gasteiger partial charge in [0.25, 0.3) is 0 Å². The largest absolute Gasteiger partial charge is 0.573 e. The molecule has 0 fully saturated rings. The molecule has 0 saturated carbocycles. The van der Waals surface area contributed by atoms with E-state index in [1.54, 1.807) is 12.1 Å². The number of halogens is 3. The highest BCUT2D eigenvalue weighted by atomic mass is 19.4. The first-order valence-electron chi connectivity index (χ1n) is 6.66. The zero-order valence-electron chi connectivity index (χ0n) is 12.3. The third kappa shape index (κ3) is 5.41. The molecule has 0 aliphatic rings. The van der Waals surface area contributed by atoms with Gasteiger partial charge in [-0.25, -0.2) is 0 Å². The van der Waals surface area contributed by atoms with Crippen LogP contribution in [0.4, 0.5) is 13.2 Å². The average Bonchev–Trinajstić information content (AvgIpc) is 2.29. The van der Waals surface area contributed by atoms with Gasteiger partial charge in [0.1, 0.15) is 5.75 Å². The number of para-hydroxylation sites is 1. The number of ether oxygens (including phenoxy) is 1. The molecule has 1 N–H and O–H groups in total. The summed E-state index contributed by atoms with van der Waals surface area (Å²) < 4.78 is 40.9. The maximum atomic E-state index is 12.3. The number of benzene rings is 1. The molecule has 1 aromatic rings. The van der Waals surface area contributed by atoms with Gasteiger partial charge in [0, 0.05) is 18.7 Å². The predicted molar refractivity (Wildman–Crippen MR) is 73.5 cm³/mol. The number of rotatable bonds is 6. The van der Waals surface area contributed by atoms with Crippen LogP contribution in [-0.2, 0) is 6.54 Å². The van der Waals surface area contributed by atoms with Gasteiger partial charge in [-0.05, 0) is 17.4 Å². The Morgan fingerprint density at radius 3 is 2.30 bits per heavy atom. The Kier molecular flexibility index (Phi) is 5.45. The highest BCUT2D eigenvalue weighted by molar-refractivity contribution is 5.33. The molecule has 0 bridgehead atoms. The lowest BCUT2D eigenvalue weighted by molar-refractivity contribution is -0.274. The lowest BCUT2D eigenvalue weighted by Gasteiger charge is -2.29. The molecule has 0 amide bonds. The van der Waals surface area contributed by atoms with Gasteiger partial charge in [0.05, 0.1) is 0 Å². The molecule has 0 radical (unpaired) electrons. The highest BCUT2D eigenvalue weighted by Crippen LogP contribution is 2.27. The van der Waals surface area contributed by atoms with Crippen molar-refractivity contribution in [2.24, 2.45) is 11.3 Å². The molecule has 0 unspecified atom stereocenters. The van der Waals surface area contributed by atoms with E-state index < -0.39 is 6.36 Å². The Morgan fingerprint density at radius 1 is 1.15 bits per heavy atom. The van der Waals surface area contributed by atoms with Gasteiger partial charge < -0.3 is 10.1 Å². The van der Waals surface area contributed by atoms with Crippen molar-refractivity contribution in [3.63, 3.8) is 0 Å². The van der Waals surface area contributed by atoms with Crippen LogP contribution in [0.15, 0.2) is 24.3 Å². The molecule has 5 heteroatoms. The molecule has 2 nitrogen and oxygen atoms in total. The molecule has 0 heterocycles. The van der Waals surface area contributed by atoms with E-state index in [0.717, 1.165) is 6.54 Å². The maximum absolute atomic E-state index is 12.3. The minimum absolute atomic E-state index is 0.0832. The second-order valence-electron chi connectivity index (χ2n) is 5.90. The Labute approximate surface area is 118 Å². The minimum atomic E-state index is -4.66. The van der Waals surface area contributed by atoms with Gasteiger partial charge in [-0.3, -0.25) is 0 Å². The number of alkyl halides is 3. The zero-order chi connectivity index (χ0) is 15.4. The van der Waals surface area contributed by atoms with Crippen LogP contribution >= 0.6 is 0 Å². The molecule has 0 saturated heterocycles. The van der Waals surface area contributed by atoms with Crippen molar-refractivity contribution >= 4 is 0 Å². The van der Waals surface area contributed by atoms with Gasteiger partial charge >= 0.3 is 6.36 Å². The van der Waals surface area contributed by atoms with E-state index in [-0.39, 0.29) is 11.2 Å². The Morgan fingerprint density at radius 2 is 1.75 bits per heavy atom. The van der Waals surface area contributed by atoms with E-state index in [9.17, 15) is 13.2 Å². The number of hydrogen-bond acceptors (Lipinski definition) is 2. The van der Waals surface area contributed by atoms with Gasteiger partial charge in [-0.2, -0.15) is 0 Å². The summed E-state index contributed by atoms with van der Waals surface area (Å²) in [5.41, 5.74) is 0.587. The molecular weight excluding hydrogens is 267 g/mol. The monoisotopic (exact) mass is 289 g/mol. The molecule has 0 aromatic heterocycles. The predicted octanol–water partition coefficient (Wildman–Crippen LogP) is 4.36. The van der Waals surface area contributed by atoms with Gasteiger partial charge in [-0.1, -0.05) is 45.9 Å². The molecule has 1 aromatic carbocycles. The Bertz CT molecular complexity index is 427. The third-order valence-electron chi connectivity index (χ3n) is 3.66. The van der Waals surface area contributed by atoms with Crippen molar-refractivity contribution in [3.05, 3.63) is 29.8 Å². The van der Waals surface area contributed by atoms with Crippen molar-refractivity contribution in [2.75, 3.05) is 6.54 Å². The van der Waals surface area contributed by atoms with Crippen LogP contribution in [0.25, 0.3) is 0 Å². The first kappa shape index (κ1) is 16.8. The zero-order valence-corrected chi connectivity index (χ0v) is 12.3. The molecule has 0 aliphatic carbocycles. The van der Waals surface area contributed by atoms with E-state index in [0.29, 0.717) is 18.0 Å². The number of nitrogens with one attached hydrogen (secondary N) is 1. The summed E-state index contributed by atoms with van der Waals surface area (Å²) in [5.74, 6) is 0.339. The van der Waals surface area contributed by atoms with Crippen LogP contribution in [0.2, 0.25) is 0 Å². The van der Waals surface area contributed by atoms with Crippen LogP contribution < -0.4 is 10.1 Å². The van der Waals surface area contributed by atoms with Crippen LogP contribution in [0.1, 0.15) is 33.3 Å². The van der Waals surface area contributed by atoms with Crippen molar-refractivity contribution < 1.29 is 17.9 Å². The van der Waals surface area contributed by atoms with Crippen molar-refractivity contribution in [1.82, 2.24) is 5.32 Å². The maximum Gasteiger partial charge on any atom is 0.573 e. The standard InChI is InChI=1S/C15H22F3NO/c1-11(2)14(3,4)10-19-9-12-7-5-6-8-13(12)20-15(16,17)18/h5-8,11,19H,9-10H2,1-4H3. The summed E-state index contributed by atoms with van der Waals surface area (Å²) in [6, 6.07) is 6.20. The van der Waals surface area contributed by atoms with E-state index in [2.05, 4.69) is 37.7 Å². The molecule has 114 valence electrons. The highest BCUT2D eigenvalue weighted by Gasteiger charge is 2.32. The molecule has 0 aliphatic heterocycles. The van der Waals surface area contributed by atoms with Crippen LogP contribution in [0.3, 0.4) is 0 Å². The van der Waals surface area contributed by atoms with E-state index >= 15 is 0 Å². The van der Waals surface area contributed by atoms with Crippen molar-refractivity contribution in [2.45, 2.75) is 40.6 Å². The fourth-order valence-corrected chi connectivity index (χ4v) is 1.60. The smallest absolute Gasteiger partial charge is 0.405 e. The summed E-state index contributed by atoms with van der Waals surface area (Å²) in [6.07, 6.45) is -4.66. The summed E-state index contributed by atoms with van der Waals surface area (Å²) in [4.78, 5) is 0.